The minimum atomic E-state index is 0. The highest BCUT2D eigenvalue weighted by Crippen LogP contribution is 2.22. The molecule has 0 aliphatic carbocycles. The summed E-state index contributed by atoms with van der Waals surface area (Å²) < 4.78 is 9.77. The molecule has 0 fully saturated rings. The van der Waals surface area contributed by atoms with E-state index in [-0.39, 0.29) is 17.0 Å². The van der Waals surface area contributed by atoms with Gasteiger partial charge in [0.15, 0.2) is 0 Å². The number of aromatic nitrogens is 2. The number of rotatable bonds is 5. The molecule has 4 nitrogen and oxygen atoms in total. The monoisotopic (exact) mass is 423 g/mol. The van der Waals surface area contributed by atoms with Crippen LogP contribution in [0.1, 0.15) is 0 Å². The number of benzene rings is 3. The topological polar surface area (TPSA) is 42.9 Å². The molecular formula is C22H22BrN3O. The van der Waals surface area contributed by atoms with E-state index in [1.165, 1.54) is 11.1 Å². The Labute approximate surface area is 168 Å². The summed E-state index contributed by atoms with van der Waals surface area (Å²) in [5, 5.41) is 8.30. The van der Waals surface area contributed by atoms with Gasteiger partial charge in [0.25, 0.3) is 0 Å². The molecule has 0 saturated heterocycles. The summed E-state index contributed by atoms with van der Waals surface area (Å²) in [7, 11) is 1.92. The van der Waals surface area contributed by atoms with Crippen molar-refractivity contribution >= 4 is 28.0 Å². The molecule has 0 saturated carbocycles. The molecule has 138 valence electrons. The van der Waals surface area contributed by atoms with Gasteiger partial charge in [0.05, 0.1) is 17.6 Å². The fourth-order valence-corrected chi connectivity index (χ4v) is 3.24. The zero-order chi connectivity index (χ0) is 17.9. The van der Waals surface area contributed by atoms with Crippen LogP contribution in [0.4, 0.5) is 0 Å². The van der Waals surface area contributed by atoms with Crippen molar-refractivity contribution < 1.29 is 4.74 Å². The minimum Gasteiger partial charge on any atom is -0.492 e. The number of halogens is 1. The highest BCUT2D eigenvalue weighted by Gasteiger charge is 2.07. The van der Waals surface area contributed by atoms with Crippen LogP contribution in [0.2, 0.25) is 0 Å². The van der Waals surface area contributed by atoms with Gasteiger partial charge >= 0.3 is 0 Å². The molecule has 1 heterocycles. The zero-order valence-corrected chi connectivity index (χ0v) is 16.8. The Bertz CT molecular complexity index is 1080. The van der Waals surface area contributed by atoms with Gasteiger partial charge in [0.2, 0.25) is 5.62 Å². The van der Waals surface area contributed by atoms with Crippen LogP contribution >= 0.6 is 17.0 Å². The van der Waals surface area contributed by atoms with E-state index in [0.717, 1.165) is 16.8 Å². The fraction of sp³-hybridized carbons (Fsp3) is 0.136. The summed E-state index contributed by atoms with van der Waals surface area (Å²) >= 11 is 0. The lowest BCUT2D eigenvalue weighted by Crippen LogP contribution is -2.24. The first kappa shape index (κ1) is 19.0. The number of hydrogen-bond acceptors (Lipinski definition) is 2. The largest absolute Gasteiger partial charge is 0.492 e. The molecule has 3 aromatic carbocycles. The van der Waals surface area contributed by atoms with E-state index >= 15 is 0 Å². The minimum absolute atomic E-state index is 0. The molecule has 4 rings (SSSR count). The van der Waals surface area contributed by atoms with E-state index < -0.39 is 0 Å². The van der Waals surface area contributed by atoms with Gasteiger partial charge in [-0.25, -0.2) is 0 Å². The van der Waals surface area contributed by atoms with E-state index in [4.69, 9.17) is 10.1 Å². The van der Waals surface area contributed by atoms with E-state index in [9.17, 15) is 0 Å². The maximum Gasteiger partial charge on any atom is 0.202 e. The third-order valence-corrected chi connectivity index (χ3v) is 4.65. The van der Waals surface area contributed by atoms with Crippen molar-refractivity contribution in [3.05, 3.63) is 84.5 Å². The van der Waals surface area contributed by atoms with Crippen molar-refractivity contribution in [3.63, 3.8) is 0 Å². The van der Waals surface area contributed by atoms with Gasteiger partial charge < -0.3 is 13.9 Å². The molecule has 0 radical (unpaired) electrons. The molecule has 0 spiro atoms. The van der Waals surface area contributed by atoms with Crippen LogP contribution in [0.25, 0.3) is 22.2 Å². The lowest BCUT2D eigenvalue weighted by Gasteiger charge is -2.09. The molecule has 0 aliphatic heterocycles. The molecule has 0 aliphatic rings. The Hall–Kier alpha value is -2.79. The smallest absolute Gasteiger partial charge is 0.202 e. The standard InChI is InChI=1S/C22H21N3O.BrH/c1-24-20-9-5-6-10-21(20)25(22(24)23)15-16-26-19-13-11-18(12-14-19)17-7-3-2-4-8-17;/h2-14,23H,15-16H2,1H3;1H. The average Bonchev–Trinajstić information content (AvgIpc) is 2.94. The third-order valence-electron chi connectivity index (χ3n) is 4.65. The predicted octanol–water partition coefficient (Wildman–Crippen LogP) is 4.78. The van der Waals surface area contributed by atoms with Crippen LogP contribution in [0, 0.1) is 5.41 Å². The first-order valence-electron chi connectivity index (χ1n) is 8.71. The third kappa shape index (κ3) is 3.83. The number of nitrogens with zero attached hydrogens (tertiary/aromatic N) is 2. The molecule has 1 N–H and O–H groups in total. The van der Waals surface area contributed by atoms with Crippen molar-refractivity contribution in [2.75, 3.05) is 6.61 Å². The van der Waals surface area contributed by atoms with Crippen molar-refractivity contribution in [1.82, 2.24) is 9.13 Å². The number of fused-ring (bicyclic) bond motifs is 1. The SMILES string of the molecule is Br.Cn1c(=N)n(CCOc2ccc(-c3ccccc3)cc2)c2ccccc21. The van der Waals surface area contributed by atoms with Gasteiger partial charge in [0, 0.05) is 7.05 Å². The molecule has 1 aromatic heterocycles. The second-order valence-electron chi connectivity index (χ2n) is 6.26. The van der Waals surface area contributed by atoms with Crippen molar-refractivity contribution in [3.8, 4) is 16.9 Å². The highest BCUT2D eigenvalue weighted by molar-refractivity contribution is 8.93. The second-order valence-corrected chi connectivity index (χ2v) is 6.26. The first-order chi connectivity index (χ1) is 12.7. The van der Waals surface area contributed by atoms with Crippen LogP contribution in [0.15, 0.2) is 78.9 Å². The van der Waals surface area contributed by atoms with E-state index in [2.05, 4.69) is 24.3 Å². The zero-order valence-electron chi connectivity index (χ0n) is 15.1. The van der Waals surface area contributed by atoms with Gasteiger partial charge in [-0.05, 0) is 35.4 Å². The lowest BCUT2D eigenvalue weighted by atomic mass is 10.1. The van der Waals surface area contributed by atoms with Gasteiger partial charge in [-0.2, -0.15) is 0 Å². The Balaban J connectivity index is 0.00000210. The second kappa shape index (κ2) is 8.27. The van der Waals surface area contributed by atoms with Crippen LogP contribution < -0.4 is 10.4 Å². The molecule has 0 unspecified atom stereocenters. The quantitative estimate of drug-likeness (QED) is 0.492. The van der Waals surface area contributed by atoms with Crippen LogP contribution in [0.3, 0.4) is 0 Å². The normalized spacial score (nSPS) is 10.6. The van der Waals surface area contributed by atoms with Crippen LogP contribution in [-0.4, -0.2) is 15.7 Å². The maximum absolute atomic E-state index is 8.30. The van der Waals surface area contributed by atoms with Crippen molar-refractivity contribution in [2.24, 2.45) is 7.05 Å². The van der Waals surface area contributed by atoms with E-state index in [0.29, 0.717) is 18.8 Å². The Morgan fingerprint density at radius 1 is 0.778 bits per heavy atom. The number of nitrogens with one attached hydrogen (secondary N) is 1. The predicted molar refractivity (Wildman–Crippen MR) is 114 cm³/mol. The summed E-state index contributed by atoms with van der Waals surface area (Å²) in [5.41, 5.74) is 4.97. The fourth-order valence-electron chi connectivity index (χ4n) is 3.24. The number of imidazole rings is 1. The van der Waals surface area contributed by atoms with Crippen molar-refractivity contribution in [1.29, 1.82) is 5.41 Å². The number of aryl methyl sites for hydroxylation is 1. The summed E-state index contributed by atoms with van der Waals surface area (Å²) in [6.45, 7) is 1.16. The molecule has 4 aromatic rings. The summed E-state index contributed by atoms with van der Waals surface area (Å²) in [6.07, 6.45) is 0. The Kier molecular flexibility index (Phi) is 5.81. The number of ether oxygens (including phenoxy) is 1. The first-order valence-corrected chi connectivity index (χ1v) is 8.71. The highest BCUT2D eigenvalue weighted by atomic mass is 79.9. The summed E-state index contributed by atoms with van der Waals surface area (Å²) in [4.78, 5) is 0. The Morgan fingerprint density at radius 2 is 1.37 bits per heavy atom. The van der Waals surface area contributed by atoms with Gasteiger partial charge in [-0.3, -0.25) is 5.41 Å². The summed E-state index contributed by atoms with van der Waals surface area (Å²) in [6, 6.07) is 26.5. The van der Waals surface area contributed by atoms with Gasteiger partial charge in [-0.15, -0.1) is 17.0 Å². The van der Waals surface area contributed by atoms with Crippen LogP contribution in [-0.2, 0) is 13.6 Å². The molecule has 0 bridgehead atoms. The van der Waals surface area contributed by atoms with Crippen molar-refractivity contribution in [2.45, 2.75) is 6.54 Å². The maximum atomic E-state index is 8.30. The average molecular weight is 424 g/mol. The van der Waals surface area contributed by atoms with Crippen LogP contribution in [0.5, 0.6) is 5.75 Å². The molecule has 0 amide bonds. The number of para-hydroxylation sites is 2. The molecule has 27 heavy (non-hydrogen) atoms. The Morgan fingerprint density at radius 3 is 2.07 bits per heavy atom. The molecular weight excluding hydrogens is 402 g/mol. The van der Waals surface area contributed by atoms with Gasteiger partial charge in [0.1, 0.15) is 12.4 Å². The molecule has 5 heteroatoms. The molecule has 0 atom stereocenters. The van der Waals surface area contributed by atoms with Gasteiger partial charge in [-0.1, -0.05) is 54.6 Å². The summed E-state index contributed by atoms with van der Waals surface area (Å²) in [5.74, 6) is 0.844. The van der Waals surface area contributed by atoms with E-state index in [1.807, 2.05) is 70.8 Å². The lowest BCUT2D eigenvalue weighted by molar-refractivity contribution is 0.297. The number of hydrogen-bond donors (Lipinski definition) is 1. The van der Waals surface area contributed by atoms with E-state index in [1.54, 1.807) is 0 Å².